The van der Waals surface area contributed by atoms with E-state index >= 15 is 0 Å². The molecule has 2 rings (SSSR count). The van der Waals surface area contributed by atoms with Crippen LogP contribution in [0.3, 0.4) is 0 Å². The minimum absolute atomic E-state index is 0.287. The van der Waals surface area contributed by atoms with Crippen molar-refractivity contribution in [3.63, 3.8) is 0 Å². The van der Waals surface area contributed by atoms with E-state index in [1.54, 1.807) is 0 Å². The van der Waals surface area contributed by atoms with Gasteiger partial charge in [0.1, 0.15) is 0 Å². The van der Waals surface area contributed by atoms with Crippen molar-refractivity contribution in [2.45, 2.75) is 33.1 Å². The summed E-state index contributed by atoms with van der Waals surface area (Å²) in [7, 11) is 0. The van der Waals surface area contributed by atoms with Crippen LogP contribution in [0.5, 0.6) is 0 Å². The first-order valence-corrected chi connectivity index (χ1v) is 7.73. The second-order valence-electron chi connectivity index (χ2n) is 5.56. The topological polar surface area (TPSA) is 23.5 Å². The van der Waals surface area contributed by atoms with Crippen LogP contribution < -0.4 is 4.90 Å². The second-order valence-corrected chi connectivity index (χ2v) is 5.56. The van der Waals surface area contributed by atoms with E-state index in [1.165, 1.54) is 22.5 Å². The summed E-state index contributed by atoms with van der Waals surface area (Å²) >= 11 is 0. The lowest BCUT2D eigenvalue weighted by Gasteiger charge is -2.27. The summed E-state index contributed by atoms with van der Waals surface area (Å²) in [5, 5.41) is 8.93. The number of aliphatic hydroxyl groups excluding tert-OH is 1. The molecule has 21 heavy (non-hydrogen) atoms. The molecular weight excluding hydrogens is 258 g/mol. The van der Waals surface area contributed by atoms with Crippen LogP contribution in [0.4, 0.5) is 11.4 Å². The number of hydrogen-bond acceptors (Lipinski definition) is 2. The summed E-state index contributed by atoms with van der Waals surface area (Å²) in [6.07, 6.45) is 3.03. The standard InChI is InChI=1S/C19H25NO/c1-16-11-12-19(17(2)15-16)20(13-7-4-8-14-21)18-9-5-3-6-10-18/h3,5-6,9-12,15,21H,4,7-8,13-14H2,1-2H3. The average molecular weight is 283 g/mol. The van der Waals surface area contributed by atoms with E-state index in [-0.39, 0.29) is 6.61 Å². The molecule has 0 amide bonds. The number of hydrogen-bond donors (Lipinski definition) is 1. The summed E-state index contributed by atoms with van der Waals surface area (Å²) in [5.74, 6) is 0. The highest BCUT2D eigenvalue weighted by Crippen LogP contribution is 2.29. The van der Waals surface area contributed by atoms with Crippen molar-refractivity contribution in [1.29, 1.82) is 0 Å². The van der Waals surface area contributed by atoms with Gasteiger partial charge in [-0.3, -0.25) is 0 Å². The molecule has 0 saturated carbocycles. The van der Waals surface area contributed by atoms with Crippen molar-refractivity contribution in [1.82, 2.24) is 0 Å². The maximum Gasteiger partial charge on any atom is 0.0440 e. The van der Waals surface area contributed by atoms with E-state index in [0.717, 1.165) is 25.8 Å². The zero-order valence-electron chi connectivity index (χ0n) is 13.0. The maximum atomic E-state index is 8.93. The third-order valence-corrected chi connectivity index (χ3v) is 3.75. The van der Waals surface area contributed by atoms with Crippen molar-refractivity contribution in [2.24, 2.45) is 0 Å². The fourth-order valence-corrected chi connectivity index (χ4v) is 2.66. The molecule has 0 heterocycles. The number of aryl methyl sites for hydroxylation is 2. The number of nitrogens with zero attached hydrogens (tertiary/aromatic N) is 1. The summed E-state index contributed by atoms with van der Waals surface area (Å²) in [4.78, 5) is 2.38. The van der Waals surface area contributed by atoms with Crippen molar-refractivity contribution in [2.75, 3.05) is 18.1 Å². The number of aliphatic hydroxyl groups is 1. The van der Waals surface area contributed by atoms with E-state index in [1.807, 2.05) is 0 Å². The monoisotopic (exact) mass is 283 g/mol. The molecule has 0 unspecified atom stereocenters. The summed E-state index contributed by atoms with van der Waals surface area (Å²) < 4.78 is 0. The Bertz CT molecular complexity index is 551. The van der Waals surface area contributed by atoms with Gasteiger partial charge in [0.15, 0.2) is 0 Å². The summed E-state index contributed by atoms with van der Waals surface area (Å²) in [5.41, 5.74) is 5.11. The first-order chi connectivity index (χ1) is 10.2. The van der Waals surface area contributed by atoms with Gasteiger partial charge in [-0.05, 0) is 56.9 Å². The van der Waals surface area contributed by atoms with Gasteiger partial charge in [-0.1, -0.05) is 35.9 Å². The smallest absolute Gasteiger partial charge is 0.0440 e. The average Bonchev–Trinajstić information content (AvgIpc) is 2.49. The van der Waals surface area contributed by atoms with Gasteiger partial charge in [0.2, 0.25) is 0 Å². The van der Waals surface area contributed by atoms with E-state index in [9.17, 15) is 0 Å². The van der Waals surface area contributed by atoms with E-state index in [0.29, 0.717) is 0 Å². The molecule has 2 heteroatoms. The zero-order valence-corrected chi connectivity index (χ0v) is 13.0. The van der Waals surface area contributed by atoms with Crippen molar-refractivity contribution in [3.05, 3.63) is 59.7 Å². The van der Waals surface area contributed by atoms with Crippen LogP contribution in [0.2, 0.25) is 0 Å². The quantitative estimate of drug-likeness (QED) is 0.750. The van der Waals surface area contributed by atoms with Gasteiger partial charge in [0.25, 0.3) is 0 Å². The lowest BCUT2D eigenvalue weighted by atomic mass is 10.1. The molecule has 0 aliphatic heterocycles. The molecule has 0 radical (unpaired) electrons. The zero-order chi connectivity index (χ0) is 15.1. The van der Waals surface area contributed by atoms with Gasteiger partial charge in [-0.15, -0.1) is 0 Å². The maximum absolute atomic E-state index is 8.93. The van der Waals surface area contributed by atoms with Gasteiger partial charge < -0.3 is 10.0 Å². The molecule has 0 aliphatic rings. The molecule has 0 atom stereocenters. The van der Waals surface area contributed by atoms with Gasteiger partial charge >= 0.3 is 0 Å². The van der Waals surface area contributed by atoms with Crippen molar-refractivity contribution >= 4 is 11.4 Å². The van der Waals surface area contributed by atoms with Crippen LogP contribution in [-0.4, -0.2) is 18.3 Å². The Kier molecular flexibility index (Phi) is 5.82. The molecule has 2 nitrogen and oxygen atoms in total. The van der Waals surface area contributed by atoms with Crippen molar-refractivity contribution < 1.29 is 5.11 Å². The largest absolute Gasteiger partial charge is 0.396 e. The molecular formula is C19H25NO. The number of rotatable bonds is 7. The molecule has 0 spiro atoms. The Balaban J connectivity index is 2.23. The molecule has 0 saturated heterocycles. The summed E-state index contributed by atoms with van der Waals surface area (Å²) in [6.45, 7) is 5.57. The van der Waals surface area contributed by atoms with Crippen LogP contribution in [-0.2, 0) is 0 Å². The lowest BCUT2D eigenvalue weighted by molar-refractivity contribution is 0.283. The van der Waals surface area contributed by atoms with Gasteiger partial charge in [-0.2, -0.15) is 0 Å². The Morgan fingerprint density at radius 3 is 2.33 bits per heavy atom. The fourth-order valence-electron chi connectivity index (χ4n) is 2.66. The minimum Gasteiger partial charge on any atom is -0.396 e. The molecule has 112 valence electrons. The first kappa shape index (κ1) is 15.6. The highest BCUT2D eigenvalue weighted by Gasteiger charge is 2.11. The predicted octanol–water partition coefficient (Wildman–Crippen LogP) is 4.60. The van der Waals surface area contributed by atoms with E-state index < -0.39 is 0 Å². The fraction of sp³-hybridized carbons (Fsp3) is 0.368. The van der Waals surface area contributed by atoms with E-state index in [2.05, 4.69) is 67.3 Å². The first-order valence-electron chi connectivity index (χ1n) is 7.73. The number of benzene rings is 2. The van der Waals surface area contributed by atoms with Crippen LogP contribution in [0, 0.1) is 13.8 Å². The molecule has 0 fully saturated rings. The van der Waals surface area contributed by atoms with Crippen LogP contribution >= 0.6 is 0 Å². The lowest BCUT2D eigenvalue weighted by Crippen LogP contribution is -2.19. The van der Waals surface area contributed by atoms with Crippen LogP contribution in [0.15, 0.2) is 48.5 Å². The van der Waals surface area contributed by atoms with E-state index in [4.69, 9.17) is 5.11 Å². The molecule has 2 aromatic carbocycles. The Morgan fingerprint density at radius 1 is 0.905 bits per heavy atom. The normalized spacial score (nSPS) is 10.6. The SMILES string of the molecule is Cc1ccc(N(CCCCCO)c2ccccc2)c(C)c1. The Morgan fingerprint density at radius 2 is 1.67 bits per heavy atom. The van der Waals surface area contributed by atoms with Gasteiger partial charge in [0, 0.05) is 24.5 Å². The highest BCUT2D eigenvalue weighted by atomic mass is 16.2. The minimum atomic E-state index is 0.287. The molecule has 0 bridgehead atoms. The molecule has 0 aliphatic carbocycles. The highest BCUT2D eigenvalue weighted by molar-refractivity contribution is 5.66. The Labute approximate surface area is 128 Å². The number of anilines is 2. The number of unbranched alkanes of at least 4 members (excludes halogenated alkanes) is 2. The van der Waals surface area contributed by atoms with Crippen LogP contribution in [0.25, 0.3) is 0 Å². The van der Waals surface area contributed by atoms with Crippen molar-refractivity contribution in [3.8, 4) is 0 Å². The van der Waals surface area contributed by atoms with Gasteiger partial charge in [0.05, 0.1) is 0 Å². The number of para-hydroxylation sites is 1. The third kappa shape index (κ3) is 4.33. The molecule has 1 N–H and O–H groups in total. The Hall–Kier alpha value is -1.80. The summed E-state index contributed by atoms with van der Waals surface area (Å²) in [6, 6.07) is 17.2. The third-order valence-electron chi connectivity index (χ3n) is 3.75. The molecule has 2 aromatic rings. The second kappa shape index (κ2) is 7.84. The van der Waals surface area contributed by atoms with Gasteiger partial charge in [-0.25, -0.2) is 0 Å². The predicted molar refractivity (Wildman–Crippen MR) is 90.3 cm³/mol. The molecule has 0 aromatic heterocycles. The van der Waals surface area contributed by atoms with Crippen LogP contribution in [0.1, 0.15) is 30.4 Å².